The van der Waals surface area contributed by atoms with Crippen molar-refractivity contribution in [3.63, 3.8) is 0 Å². The number of carboxylic acid groups (broad SMARTS) is 1. The van der Waals surface area contributed by atoms with Gasteiger partial charge in [0, 0.05) is 11.8 Å². The van der Waals surface area contributed by atoms with Gasteiger partial charge in [-0.05, 0) is 49.5 Å². The molecular formula is C18H20ClNO5. The molecule has 25 heavy (non-hydrogen) atoms. The summed E-state index contributed by atoms with van der Waals surface area (Å²) in [5.41, 5.74) is 1.34. The van der Waals surface area contributed by atoms with Crippen LogP contribution in [0.25, 0.3) is 6.08 Å². The molecule has 2 N–H and O–H groups in total. The third-order valence-electron chi connectivity index (χ3n) is 3.93. The molecule has 6 nitrogen and oxygen atoms in total. The van der Waals surface area contributed by atoms with Crippen molar-refractivity contribution in [3.05, 3.63) is 40.1 Å². The van der Waals surface area contributed by atoms with Crippen molar-refractivity contribution in [2.24, 2.45) is 0 Å². The third kappa shape index (κ3) is 4.54. The number of halogens is 1. The zero-order valence-corrected chi connectivity index (χ0v) is 14.9. The zero-order valence-electron chi connectivity index (χ0n) is 14.1. The predicted octanol–water partition coefficient (Wildman–Crippen LogP) is 3.40. The Labute approximate surface area is 151 Å². The van der Waals surface area contributed by atoms with Gasteiger partial charge in [0.2, 0.25) is 5.91 Å². The molecule has 7 heteroatoms. The Morgan fingerprint density at radius 3 is 2.56 bits per heavy atom. The molecule has 1 aromatic rings. The van der Waals surface area contributed by atoms with Crippen LogP contribution in [0.1, 0.15) is 31.2 Å². The highest BCUT2D eigenvalue weighted by Gasteiger charge is 2.19. The monoisotopic (exact) mass is 365 g/mol. The molecule has 0 aliphatic heterocycles. The van der Waals surface area contributed by atoms with Crippen molar-refractivity contribution in [2.75, 3.05) is 14.2 Å². The van der Waals surface area contributed by atoms with Crippen LogP contribution in [0.2, 0.25) is 5.02 Å². The van der Waals surface area contributed by atoms with E-state index in [2.05, 4.69) is 5.32 Å². The van der Waals surface area contributed by atoms with Crippen LogP contribution in [0.3, 0.4) is 0 Å². The molecule has 0 atom stereocenters. The van der Waals surface area contributed by atoms with E-state index in [4.69, 9.17) is 21.1 Å². The molecule has 0 spiro atoms. The van der Waals surface area contributed by atoms with Crippen LogP contribution >= 0.6 is 11.6 Å². The molecule has 0 unspecified atom stereocenters. The van der Waals surface area contributed by atoms with Crippen molar-refractivity contribution in [1.82, 2.24) is 5.32 Å². The van der Waals surface area contributed by atoms with Crippen molar-refractivity contribution in [3.8, 4) is 11.5 Å². The molecule has 1 aliphatic carbocycles. The topological polar surface area (TPSA) is 84.9 Å². The Balaban J connectivity index is 2.17. The first-order valence-corrected chi connectivity index (χ1v) is 8.20. The summed E-state index contributed by atoms with van der Waals surface area (Å²) in [4.78, 5) is 23.3. The molecule has 1 aromatic carbocycles. The Bertz CT molecular complexity index is 739. The molecule has 134 valence electrons. The highest BCUT2D eigenvalue weighted by atomic mass is 35.5. The van der Waals surface area contributed by atoms with Gasteiger partial charge in [0.15, 0.2) is 11.5 Å². The fourth-order valence-electron chi connectivity index (χ4n) is 2.67. The Hall–Kier alpha value is -2.47. The average molecular weight is 366 g/mol. The van der Waals surface area contributed by atoms with Gasteiger partial charge in [0.1, 0.15) is 0 Å². The van der Waals surface area contributed by atoms with Gasteiger partial charge in [-0.25, -0.2) is 4.79 Å². The van der Waals surface area contributed by atoms with Crippen LogP contribution < -0.4 is 14.8 Å². The van der Waals surface area contributed by atoms with E-state index in [1.54, 1.807) is 18.2 Å². The lowest BCUT2D eigenvalue weighted by Crippen LogP contribution is -2.25. The normalized spacial score (nSPS) is 14.5. The maximum atomic E-state index is 12.1. The molecule has 0 bridgehead atoms. The Morgan fingerprint density at radius 2 is 1.92 bits per heavy atom. The fourth-order valence-corrected chi connectivity index (χ4v) is 2.96. The van der Waals surface area contributed by atoms with Crippen LogP contribution in [0.5, 0.6) is 11.5 Å². The number of carbonyl (C=O) groups excluding carboxylic acids is 1. The third-order valence-corrected chi connectivity index (χ3v) is 4.32. The van der Waals surface area contributed by atoms with Crippen molar-refractivity contribution in [2.45, 2.75) is 25.7 Å². The molecule has 0 fully saturated rings. The van der Waals surface area contributed by atoms with Gasteiger partial charge in [-0.1, -0.05) is 11.6 Å². The van der Waals surface area contributed by atoms with Crippen LogP contribution in [0.15, 0.2) is 29.5 Å². The minimum atomic E-state index is -0.984. The zero-order chi connectivity index (χ0) is 18.4. The van der Waals surface area contributed by atoms with Crippen molar-refractivity contribution >= 4 is 29.6 Å². The van der Waals surface area contributed by atoms with Gasteiger partial charge < -0.3 is 19.9 Å². The lowest BCUT2D eigenvalue weighted by molar-refractivity contribution is -0.133. The number of carbonyl (C=O) groups is 2. The highest BCUT2D eigenvalue weighted by molar-refractivity contribution is 6.33. The van der Waals surface area contributed by atoms with E-state index in [0.29, 0.717) is 40.6 Å². The number of nitrogens with one attached hydrogen (secondary N) is 1. The summed E-state index contributed by atoms with van der Waals surface area (Å²) < 4.78 is 10.4. The smallest absolute Gasteiger partial charge is 0.333 e. The molecular weight excluding hydrogens is 346 g/mol. The number of methoxy groups -OCH3 is 2. The molecule has 1 amide bonds. The number of hydrogen-bond donors (Lipinski definition) is 2. The van der Waals surface area contributed by atoms with E-state index in [-0.39, 0.29) is 5.57 Å². The number of benzene rings is 1. The van der Waals surface area contributed by atoms with E-state index in [0.717, 1.165) is 12.8 Å². The first-order chi connectivity index (χ1) is 12.0. The molecule has 1 aliphatic rings. The largest absolute Gasteiger partial charge is 0.493 e. The van der Waals surface area contributed by atoms with Gasteiger partial charge in [0.05, 0.1) is 24.8 Å². The Morgan fingerprint density at radius 1 is 1.20 bits per heavy atom. The number of amides is 1. The summed E-state index contributed by atoms with van der Waals surface area (Å²) >= 11 is 6.26. The van der Waals surface area contributed by atoms with Gasteiger partial charge in [0.25, 0.3) is 0 Å². The summed E-state index contributed by atoms with van der Waals surface area (Å²) in [7, 11) is 2.99. The van der Waals surface area contributed by atoms with Gasteiger partial charge in [-0.15, -0.1) is 0 Å². The molecule has 0 saturated heterocycles. The molecule has 0 saturated carbocycles. The van der Waals surface area contributed by atoms with E-state index in [1.165, 1.54) is 20.3 Å². The average Bonchev–Trinajstić information content (AvgIpc) is 2.60. The Kier molecular flexibility index (Phi) is 6.47. The maximum absolute atomic E-state index is 12.1. The first-order valence-electron chi connectivity index (χ1n) is 7.82. The van der Waals surface area contributed by atoms with E-state index in [9.17, 15) is 14.7 Å². The second-order valence-corrected chi connectivity index (χ2v) is 5.87. The predicted molar refractivity (Wildman–Crippen MR) is 94.9 cm³/mol. The number of aliphatic carboxylic acids is 1. The molecule has 0 aromatic heterocycles. The van der Waals surface area contributed by atoms with Crippen LogP contribution in [0.4, 0.5) is 0 Å². The summed E-state index contributed by atoms with van der Waals surface area (Å²) in [6, 6.07) is 3.39. The second kappa shape index (κ2) is 8.58. The lowest BCUT2D eigenvalue weighted by atomic mass is 9.96. The summed E-state index contributed by atoms with van der Waals surface area (Å²) in [6.07, 6.45) is 5.56. The van der Waals surface area contributed by atoms with E-state index >= 15 is 0 Å². The van der Waals surface area contributed by atoms with Crippen molar-refractivity contribution < 1.29 is 24.2 Å². The summed E-state index contributed by atoms with van der Waals surface area (Å²) in [5.74, 6) is -0.508. The van der Waals surface area contributed by atoms with Crippen LogP contribution in [-0.4, -0.2) is 31.2 Å². The van der Waals surface area contributed by atoms with Gasteiger partial charge >= 0.3 is 5.97 Å². The number of allylic oxidation sites excluding steroid dienone is 1. The van der Waals surface area contributed by atoms with Crippen LogP contribution in [0, 0.1) is 0 Å². The number of rotatable bonds is 6. The fraction of sp³-hybridized carbons (Fsp3) is 0.333. The molecule has 0 radical (unpaired) electrons. The first kappa shape index (κ1) is 18.9. The van der Waals surface area contributed by atoms with E-state index in [1.807, 2.05) is 0 Å². The summed E-state index contributed by atoms with van der Waals surface area (Å²) in [6.45, 7) is 0. The second-order valence-electron chi connectivity index (χ2n) is 5.50. The minimum Gasteiger partial charge on any atom is -0.493 e. The molecule has 0 heterocycles. The molecule has 2 rings (SSSR count). The maximum Gasteiger partial charge on any atom is 0.333 e. The standard InChI is InChI=1S/C18H20ClNO5/c1-24-14-9-7-11(16(19)17(14)25-2)8-10-15(21)20-13-6-4-3-5-12(13)18(22)23/h7-10H,3-6H2,1-2H3,(H,20,21)(H,22,23)/b10-8+. The van der Waals surface area contributed by atoms with Crippen LogP contribution in [-0.2, 0) is 9.59 Å². The quantitative estimate of drug-likeness (QED) is 0.755. The SMILES string of the molecule is COc1ccc(/C=C/C(=O)NC2=C(C(=O)O)CCCC2)c(Cl)c1OC. The number of carboxylic acids is 1. The number of hydrogen-bond acceptors (Lipinski definition) is 4. The van der Waals surface area contributed by atoms with Gasteiger partial charge in [-0.2, -0.15) is 0 Å². The summed E-state index contributed by atoms with van der Waals surface area (Å²) in [5, 5.41) is 12.2. The minimum absolute atomic E-state index is 0.275. The lowest BCUT2D eigenvalue weighted by Gasteiger charge is -2.17. The number of ether oxygens (including phenoxy) is 2. The van der Waals surface area contributed by atoms with Crippen molar-refractivity contribution in [1.29, 1.82) is 0 Å². The van der Waals surface area contributed by atoms with Gasteiger partial charge in [-0.3, -0.25) is 4.79 Å². The van der Waals surface area contributed by atoms with E-state index < -0.39 is 11.9 Å². The highest BCUT2D eigenvalue weighted by Crippen LogP contribution is 2.37.